The molecule has 0 saturated carbocycles. The maximum absolute atomic E-state index is 12.4. The SMILES string of the molecule is C[C@H](Nc1cccc(-n2cnc3cc(NC(=O)c4cccnc4)ccc32)c1)c1ccccc1. The van der Waals surface area contributed by atoms with Crippen LogP contribution in [-0.4, -0.2) is 20.4 Å². The van der Waals surface area contributed by atoms with Crippen molar-refractivity contribution < 1.29 is 4.79 Å². The average Bonchev–Trinajstić information content (AvgIpc) is 3.28. The number of benzene rings is 3. The number of hydrogen-bond acceptors (Lipinski definition) is 4. The Labute approximate surface area is 191 Å². The van der Waals surface area contributed by atoms with E-state index < -0.39 is 0 Å². The number of rotatable bonds is 6. The van der Waals surface area contributed by atoms with Crippen LogP contribution in [0.4, 0.5) is 11.4 Å². The molecule has 0 bridgehead atoms. The maximum atomic E-state index is 12.4. The van der Waals surface area contributed by atoms with Gasteiger partial charge in [0, 0.05) is 35.5 Å². The highest BCUT2D eigenvalue weighted by Crippen LogP contribution is 2.25. The number of nitrogens with zero attached hydrogens (tertiary/aromatic N) is 3. The number of carbonyl (C=O) groups is 1. The Balaban J connectivity index is 1.37. The Morgan fingerprint density at radius 2 is 1.79 bits per heavy atom. The van der Waals surface area contributed by atoms with Gasteiger partial charge >= 0.3 is 0 Å². The van der Waals surface area contributed by atoms with Crippen LogP contribution in [0.5, 0.6) is 0 Å². The monoisotopic (exact) mass is 433 g/mol. The first-order valence-electron chi connectivity index (χ1n) is 10.8. The van der Waals surface area contributed by atoms with Crippen LogP contribution in [0.3, 0.4) is 0 Å². The van der Waals surface area contributed by atoms with Gasteiger partial charge < -0.3 is 10.6 Å². The topological polar surface area (TPSA) is 71.8 Å². The summed E-state index contributed by atoms with van der Waals surface area (Å²) in [6.07, 6.45) is 4.99. The molecule has 6 heteroatoms. The molecule has 162 valence electrons. The molecule has 0 aliphatic heterocycles. The highest BCUT2D eigenvalue weighted by molar-refractivity contribution is 6.04. The third-order valence-corrected chi connectivity index (χ3v) is 5.54. The number of amides is 1. The van der Waals surface area contributed by atoms with Crippen molar-refractivity contribution >= 4 is 28.3 Å². The van der Waals surface area contributed by atoms with Gasteiger partial charge in [0.1, 0.15) is 6.33 Å². The lowest BCUT2D eigenvalue weighted by Crippen LogP contribution is -2.11. The standard InChI is InChI=1S/C27H23N5O/c1-19(20-7-3-2-4-8-20)30-22-10-5-11-24(15-22)32-18-29-25-16-23(12-13-26(25)32)31-27(33)21-9-6-14-28-17-21/h2-19,30H,1H3,(H,31,33)/t19-/m0/s1. The molecule has 0 aliphatic rings. The number of pyridine rings is 1. The zero-order valence-corrected chi connectivity index (χ0v) is 18.1. The van der Waals surface area contributed by atoms with Crippen LogP contribution in [0.25, 0.3) is 16.7 Å². The minimum atomic E-state index is -0.201. The summed E-state index contributed by atoms with van der Waals surface area (Å²) in [5.74, 6) is -0.201. The van der Waals surface area contributed by atoms with E-state index in [-0.39, 0.29) is 11.9 Å². The summed E-state index contributed by atoms with van der Waals surface area (Å²) in [5, 5.41) is 6.48. The van der Waals surface area contributed by atoms with Crippen LogP contribution in [-0.2, 0) is 0 Å². The Bertz CT molecular complexity index is 1400. The molecule has 33 heavy (non-hydrogen) atoms. The first-order valence-corrected chi connectivity index (χ1v) is 10.8. The fourth-order valence-electron chi connectivity index (χ4n) is 3.82. The third kappa shape index (κ3) is 4.45. The van der Waals surface area contributed by atoms with Gasteiger partial charge in [-0.1, -0.05) is 36.4 Å². The highest BCUT2D eigenvalue weighted by atomic mass is 16.1. The zero-order valence-electron chi connectivity index (χ0n) is 18.1. The maximum Gasteiger partial charge on any atom is 0.257 e. The Hall–Kier alpha value is -4.45. The van der Waals surface area contributed by atoms with Crippen molar-refractivity contribution in [1.29, 1.82) is 0 Å². The van der Waals surface area contributed by atoms with Crippen LogP contribution < -0.4 is 10.6 Å². The summed E-state index contributed by atoms with van der Waals surface area (Å²) in [6, 6.07) is 28.0. The van der Waals surface area contributed by atoms with E-state index >= 15 is 0 Å². The van der Waals surface area contributed by atoms with Crippen molar-refractivity contribution in [3.63, 3.8) is 0 Å². The predicted molar refractivity (Wildman–Crippen MR) is 132 cm³/mol. The van der Waals surface area contributed by atoms with Crippen LogP contribution in [0.15, 0.2) is 104 Å². The molecule has 0 fully saturated rings. The second kappa shape index (κ2) is 8.96. The van der Waals surface area contributed by atoms with E-state index in [1.54, 1.807) is 30.9 Å². The lowest BCUT2D eigenvalue weighted by atomic mass is 10.1. The fraction of sp³-hybridized carbons (Fsp3) is 0.0741. The van der Waals surface area contributed by atoms with Gasteiger partial charge in [-0.2, -0.15) is 0 Å². The Morgan fingerprint density at radius 3 is 2.61 bits per heavy atom. The average molecular weight is 434 g/mol. The van der Waals surface area contributed by atoms with Crippen molar-refractivity contribution in [2.75, 3.05) is 10.6 Å². The van der Waals surface area contributed by atoms with Gasteiger partial charge in [-0.3, -0.25) is 14.3 Å². The van der Waals surface area contributed by atoms with Crippen molar-refractivity contribution in [3.05, 3.63) is 115 Å². The van der Waals surface area contributed by atoms with Gasteiger partial charge in [0.2, 0.25) is 0 Å². The van der Waals surface area contributed by atoms with Crippen molar-refractivity contribution in [3.8, 4) is 5.69 Å². The lowest BCUT2D eigenvalue weighted by Gasteiger charge is -2.16. The van der Waals surface area contributed by atoms with Crippen molar-refractivity contribution in [1.82, 2.24) is 14.5 Å². The van der Waals surface area contributed by atoms with Crippen molar-refractivity contribution in [2.24, 2.45) is 0 Å². The summed E-state index contributed by atoms with van der Waals surface area (Å²) in [6.45, 7) is 2.15. The number of hydrogen-bond donors (Lipinski definition) is 2. The molecule has 1 atom stereocenters. The molecule has 0 unspecified atom stereocenters. The number of anilines is 2. The minimum Gasteiger partial charge on any atom is -0.378 e. The second-order valence-corrected chi connectivity index (χ2v) is 7.84. The molecule has 0 saturated heterocycles. The molecule has 2 heterocycles. The summed E-state index contributed by atoms with van der Waals surface area (Å²) in [7, 11) is 0. The number of imidazole rings is 1. The van der Waals surface area contributed by atoms with E-state index in [0.29, 0.717) is 11.3 Å². The van der Waals surface area contributed by atoms with E-state index in [4.69, 9.17) is 0 Å². The molecule has 0 radical (unpaired) electrons. The molecule has 0 aliphatic carbocycles. The summed E-state index contributed by atoms with van der Waals surface area (Å²) < 4.78 is 2.04. The molecule has 5 aromatic rings. The van der Waals surface area contributed by atoms with Crippen LogP contribution >= 0.6 is 0 Å². The van der Waals surface area contributed by atoms with E-state index in [1.165, 1.54) is 5.56 Å². The van der Waals surface area contributed by atoms with Gasteiger partial charge in [0.25, 0.3) is 5.91 Å². The number of nitrogens with one attached hydrogen (secondary N) is 2. The summed E-state index contributed by atoms with van der Waals surface area (Å²) in [4.78, 5) is 21.0. The van der Waals surface area contributed by atoms with E-state index in [0.717, 1.165) is 22.4 Å². The second-order valence-electron chi connectivity index (χ2n) is 7.84. The van der Waals surface area contributed by atoms with Crippen LogP contribution in [0.2, 0.25) is 0 Å². The van der Waals surface area contributed by atoms with Gasteiger partial charge in [-0.05, 0) is 61.0 Å². The molecule has 6 nitrogen and oxygen atoms in total. The number of fused-ring (bicyclic) bond motifs is 1. The predicted octanol–water partition coefficient (Wildman–Crippen LogP) is 5.85. The van der Waals surface area contributed by atoms with Gasteiger partial charge in [-0.15, -0.1) is 0 Å². The summed E-state index contributed by atoms with van der Waals surface area (Å²) in [5.41, 5.74) is 6.24. The molecule has 2 aromatic heterocycles. The van der Waals surface area contributed by atoms with Crippen molar-refractivity contribution in [2.45, 2.75) is 13.0 Å². The van der Waals surface area contributed by atoms with Crippen LogP contribution in [0.1, 0.15) is 28.9 Å². The Morgan fingerprint density at radius 1 is 0.909 bits per heavy atom. The zero-order chi connectivity index (χ0) is 22.6. The van der Waals surface area contributed by atoms with Gasteiger partial charge in [0.15, 0.2) is 0 Å². The quantitative estimate of drug-likeness (QED) is 0.353. The molecular weight excluding hydrogens is 410 g/mol. The number of aromatic nitrogens is 3. The smallest absolute Gasteiger partial charge is 0.257 e. The molecular formula is C27H23N5O. The normalized spacial score (nSPS) is 11.8. The first kappa shape index (κ1) is 20.5. The van der Waals surface area contributed by atoms with E-state index in [1.807, 2.05) is 34.9 Å². The highest BCUT2D eigenvalue weighted by Gasteiger charge is 2.10. The number of carbonyl (C=O) groups excluding carboxylic acids is 1. The third-order valence-electron chi connectivity index (χ3n) is 5.54. The molecule has 1 amide bonds. The van der Waals surface area contributed by atoms with Crippen LogP contribution in [0, 0.1) is 0 Å². The largest absolute Gasteiger partial charge is 0.378 e. The van der Waals surface area contributed by atoms with Gasteiger partial charge in [-0.25, -0.2) is 4.98 Å². The lowest BCUT2D eigenvalue weighted by molar-refractivity contribution is 0.102. The Kier molecular flexibility index (Phi) is 5.55. The van der Waals surface area contributed by atoms with Gasteiger partial charge in [0.05, 0.1) is 16.6 Å². The molecule has 5 rings (SSSR count). The first-order chi connectivity index (χ1) is 16.2. The summed E-state index contributed by atoms with van der Waals surface area (Å²) >= 11 is 0. The minimum absolute atomic E-state index is 0.187. The van der Waals surface area contributed by atoms with E-state index in [9.17, 15) is 4.79 Å². The fourth-order valence-corrected chi connectivity index (χ4v) is 3.82. The molecule has 3 aromatic carbocycles. The van der Waals surface area contributed by atoms with E-state index in [2.05, 4.69) is 70.0 Å². The molecule has 2 N–H and O–H groups in total. The molecule has 0 spiro atoms.